The van der Waals surface area contributed by atoms with Crippen molar-refractivity contribution >= 4 is 16.9 Å². The smallest absolute Gasteiger partial charge is 0.232 e. The van der Waals surface area contributed by atoms with Gasteiger partial charge in [0.25, 0.3) is 0 Å². The van der Waals surface area contributed by atoms with Crippen molar-refractivity contribution in [1.82, 2.24) is 9.97 Å². The SMILES string of the molecule is COc1ccc(-c2c(-c3ccccc3)oc3ncnc(N[C@@H]4CCC[C@@H](OCCC#N)C4)c23)cc1. The molecule has 2 aromatic heterocycles. The number of fused-ring (bicyclic) bond motifs is 1. The van der Waals surface area contributed by atoms with Crippen LogP contribution in [0.3, 0.4) is 0 Å². The lowest BCUT2D eigenvalue weighted by Gasteiger charge is -2.30. The monoisotopic (exact) mass is 468 g/mol. The van der Waals surface area contributed by atoms with E-state index in [1.807, 2.05) is 54.6 Å². The van der Waals surface area contributed by atoms with E-state index in [2.05, 4.69) is 21.4 Å². The van der Waals surface area contributed by atoms with Gasteiger partial charge in [-0.15, -0.1) is 0 Å². The van der Waals surface area contributed by atoms with Gasteiger partial charge in [0.1, 0.15) is 23.7 Å². The van der Waals surface area contributed by atoms with E-state index in [0.717, 1.165) is 65.1 Å². The maximum Gasteiger partial charge on any atom is 0.232 e. The molecule has 0 bridgehead atoms. The van der Waals surface area contributed by atoms with Crippen molar-refractivity contribution in [2.75, 3.05) is 19.0 Å². The van der Waals surface area contributed by atoms with Crippen LogP contribution in [0.15, 0.2) is 65.3 Å². The van der Waals surface area contributed by atoms with Crippen LogP contribution < -0.4 is 10.1 Å². The fourth-order valence-electron chi connectivity index (χ4n) is 4.76. The van der Waals surface area contributed by atoms with E-state index < -0.39 is 0 Å². The van der Waals surface area contributed by atoms with Crippen LogP contribution in [0.25, 0.3) is 33.6 Å². The lowest BCUT2D eigenvalue weighted by atomic mass is 9.92. The number of nitrogens with one attached hydrogen (secondary N) is 1. The second-order valence-electron chi connectivity index (χ2n) is 8.71. The molecule has 1 saturated carbocycles. The highest BCUT2D eigenvalue weighted by molar-refractivity contribution is 6.05. The van der Waals surface area contributed by atoms with E-state index in [-0.39, 0.29) is 12.1 Å². The molecule has 1 fully saturated rings. The first-order valence-corrected chi connectivity index (χ1v) is 12.0. The fourth-order valence-corrected chi connectivity index (χ4v) is 4.76. The summed E-state index contributed by atoms with van der Waals surface area (Å²) < 4.78 is 17.6. The highest BCUT2D eigenvalue weighted by atomic mass is 16.5. The summed E-state index contributed by atoms with van der Waals surface area (Å²) in [5.74, 6) is 2.31. The van der Waals surface area contributed by atoms with E-state index >= 15 is 0 Å². The van der Waals surface area contributed by atoms with E-state index in [9.17, 15) is 0 Å². The summed E-state index contributed by atoms with van der Waals surface area (Å²) in [7, 11) is 1.66. The van der Waals surface area contributed by atoms with Crippen molar-refractivity contribution in [2.24, 2.45) is 0 Å². The number of nitrogens with zero attached hydrogens (tertiary/aromatic N) is 3. The molecule has 0 aliphatic heterocycles. The number of furan rings is 1. The molecule has 35 heavy (non-hydrogen) atoms. The molecular weight excluding hydrogens is 440 g/mol. The maximum absolute atomic E-state index is 8.80. The molecular formula is C28H28N4O3. The number of benzene rings is 2. The average Bonchev–Trinajstić information content (AvgIpc) is 3.30. The van der Waals surface area contributed by atoms with Crippen molar-refractivity contribution in [2.45, 2.75) is 44.2 Å². The van der Waals surface area contributed by atoms with Gasteiger partial charge >= 0.3 is 0 Å². The van der Waals surface area contributed by atoms with Crippen LogP contribution in [0.5, 0.6) is 5.75 Å². The number of rotatable bonds is 8. The molecule has 2 aromatic carbocycles. The van der Waals surface area contributed by atoms with E-state index in [1.165, 1.54) is 0 Å². The zero-order chi connectivity index (χ0) is 24.0. The van der Waals surface area contributed by atoms with Crippen LogP contribution in [-0.4, -0.2) is 35.8 Å². The second kappa shape index (κ2) is 10.6. The molecule has 1 aliphatic carbocycles. The predicted molar refractivity (Wildman–Crippen MR) is 135 cm³/mol. The van der Waals surface area contributed by atoms with Crippen molar-refractivity contribution in [3.05, 3.63) is 60.9 Å². The fraction of sp³-hybridized carbons (Fsp3) is 0.321. The van der Waals surface area contributed by atoms with Gasteiger partial charge in [-0.3, -0.25) is 0 Å². The number of hydrogen-bond acceptors (Lipinski definition) is 7. The minimum Gasteiger partial charge on any atom is -0.497 e. The number of ether oxygens (including phenoxy) is 2. The van der Waals surface area contributed by atoms with Gasteiger partial charge in [0, 0.05) is 17.2 Å². The highest BCUT2D eigenvalue weighted by Crippen LogP contribution is 2.43. The van der Waals surface area contributed by atoms with Gasteiger partial charge in [-0.25, -0.2) is 9.97 Å². The lowest BCUT2D eigenvalue weighted by Crippen LogP contribution is -2.32. The topological polar surface area (TPSA) is 93.2 Å². The Morgan fingerprint density at radius 2 is 1.89 bits per heavy atom. The molecule has 2 atom stereocenters. The Balaban J connectivity index is 1.54. The molecule has 0 spiro atoms. The largest absolute Gasteiger partial charge is 0.497 e. The molecule has 0 radical (unpaired) electrons. The molecule has 178 valence electrons. The van der Waals surface area contributed by atoms with Gasteiger partial charge in [0.05, 0.1) is 37.7 Å². The molecule has 5 rings (SSSR count). The van der Waals surface area contributed by atoms with Crippen molar-refractivity contribution in [1.29, 1.82) is 5.26 Å². The van der Waals surface area contributed by atoms with E-state index in [4.69, 9.17) is 19.2 Å². The van der Waals surface area contributed by atoms with Gasteiger partial charge < -0.3 is 19.2 Å². The summed E-state index contributed by atoms with van der Waals surface area (Å²) in [5.41, 5.74) is 3.48. The molecule has 7 nitrogen and oxygen atoms in total. The minimum atomic E-state index is 0.150. The van der Waals surface area contributed by atoms with E-state index in [0.29, 0.717) is 18.7 Å². The van der Waals surface area contributed by atoms with Crippen LogP contribution >= 0.6 is 0 Å². The Bertz CT molecular complexity index is 1310. The summed E-state index contributed by atoms with van der Waals surface area (Å²) in [6.45, 7) is 0.482. The van der Waals surface area contributed by atoms with Gasteiger partial charge in [-0.2, -0.15) is 5.26 Å². The third-order valence-electron chi connectivity index (χ3n) is 6.44. The molecule has 1 aliphatic rings. The van der Waals surface area contributed by atoms with Crippen LogP contribution in [-0.2, 0) is 4.74 Å². The normalized spacial score (nSPS) is 17.7. The summed E-state index contributed by atoms with van der Waals surface area (Å²) in [6, 6.07) is 20.4. The van der Waals surface area contributed by atoms with Gasteiger partial charge in [-0.1, -0.05) is 42.5 Å². The lowest BCUT2D eigenvalue weighted by molar-refractivity contribution is 0.0287. The Kier molecular flexibility index (Phi) is 6.92. The Labute approximate surface area is 204 Å². The Morgan fingerprint density at radius 3 is 2.66 bits per heavy atom. The van der Waals surface area contributed by atoms with Crippen molar-refractivity contribution < 1.29 is 13.9 Å². The van der Waals surface area contributed by atoms with Crippen LogP contribution in [0.4, 0.5) is 5.82 Å². The number of nitriles is 1. The maximum atomic E-state index is 8.80. The second-order valence-corrected chi connectivity index (χ2v) is 8.71. The van der Waals surface area contributed by atoms with Crippen LogP contribution in [0.2, 0.25) is 0 Å². The molecule has 0 saturated heterocycles. The number of hydrogen-bond donors (Lipinski definition) is 1. The minimum absolute atomic E-state index is 0.150. The molecule has 0 amide bonds. The molecule has 1 N–H and O–H groups in total. The zero-order valence-corrected chi connectivity index (χ0v) is 19.7. The summed E-state index contributed by atoms with van der Waals surface area (Å²) in [4.78, 5) is 9.11. The summed E-state index contributed by atoms with van der Waals surface area (Å²) in [6.07, 6.45) is 6.10. The number of methoxy groups -OCH3 is 1. The molecule has 2 heterocycles. The summed E-state index contributed by atoms with van der Waals surface area (Å²) in [5, 5.41) is 13.3. The molecule has 7 heteroatoms. The number of aromatic nitrogens is 2. The van der Waals surface area contributed by atoms with E-state index in [1.54, 1.807) is 13.4 Å². The first-order chi connectivity index (χ1) is 17.3. The van der Waals surface area contributed by atoms with Gasteiger partial charge in [-0.05, 0) is 43.4 Å². The molecule has 4 aromatic rings. The van der Waals surface area contributed by atoms with Crippen molar-refractivity contribution in [3.8, 4) is 34.3 Å². The average molecular weight is 469 g/mol. The van der Waals surface area contributed by atoms with Crippen LogP contribution in [0, 0.1) is 11.3 Å². The Hall–Kier alpha value is -3.89. The van der Waals surface area contributed by atoms with Gasteiger partial charge in [0.15, 0.2) is 0 Å². The predicted octanol–water partition coefficient (Wildman–Crippen LogP) is 6.22. The Morgan fingerprint density at radius 1 is 1.06 bits per heavy atom. The first kappa shape index (κ1) is 22.9. The summed E-state index contributed by atoms with van der Waals surface area (Å²) >= 11 is 0. The van der Waals surface area contributed by atoms with Gasteiger partial charge in [0.2, 0.25) is 5.71 Å². The number of anilines is 1. The third-order valence-corrected chi connectivity index (χ3v) is 6.44. The van der Waals surface area contributed by atoms with Crippen LogP contribution in [0.1, 0.15) is 32.1 Å². The zero-order valence-electron chi connectivity index (χ0n) is 19.7. The third kappa shape index (κ3) is 4.98. The van der Waals surface area contributed by atoms with Crippen molar-refractivity contribution in [3.63, 3.8) is 0 Å². The highest BCUT2D eigenvalue weighted by Gasteiger charge is 2.26. The first-order valence-electron chi connectivity index (χ1n) is 12.0. The standard InChI is InChI=1S/C28H28N4O3/c1-33-22-13-11-19(12-14-22)24-25-27(32-21-9-5-10-23(17-21)34-16-6-15-29)30-18-31-28(25)35-26(24)20-7-3-2-4-8-20/h2-4,7-8,11-14,18,21,23H,5-6,9-10,16-17H2,1H3,(H,30,31,32)/t21-,23-/m1/s1. The quantitative estimate of drug-likeness (QED) is 0.307. The molecule has 0 unspecified atom stereocenters.